The maximum atomic E-state index is 12.3. The number of carbonyl (C=O) groups is 1. The Morgan fingerprint density at radius 3 is 2.80 bits per heavy atom. The molecule has 304 valence electrons. The van der Waals surface area contributed by atoms with Gasteiger partial charge in [0.25, 0.3) is 0 Å². The fourth-order valence-electron chi connectivity index (χ4n) is 7.77. The summed E-state index contributed by atoms with van der Waals surface area (Å²) in [7, 11) is 3.52. The van der Waals surface area contributed by atoms with Crippen LogP contribution in [0.3, 0.4) is 0 Å². The lowest BCUT2D eigenvalue weighted by Crippen LogP contribution is -2.57. The van der Waals surface area contributed by atoms with E-state index in [4.69, 9.17) is 29.8 Å². The third-order valence-corrected chi connectivity index (χ3v) is 13.2. The smallest absolute Gasteiger partial charge is 0.302 e. The van der Waals surface area contributed by atoms with E-state index >= 15 is 0 Å². The Morgan fingerprint density at radius 1 is 1.12 bits per heavy atom. The summed E-state index contributed by atoms with van der Waals surface area (Å²) in [4.78, 5) is 21.0. The van der Waals surface area contributed by atoms with Crippen molar-refractivity contribution in [2.24, 2.45) is 16.6 Å². The number of hydrogen-bond acceptors (Lipinski definition) is 13. The zero-order valence-electron chi connectivity index (χ0n) is 31.8. The molecule has 2 fully saturated rings. The van der Waals surface area contributed by atoms with Gasteiger partial charge in [-0.15, -0.1) is 0 Å². The first-order valence-corrected chi connectivity index (χ1v) is 21.9. The van der Waals surface area contributed by atoms with E-state index in [-0.39, 0.29) is 65.8 Å². The number of nitrogens with zero attached hydrogens (tertiary/aromatic N) is 2. The summed E-state index contributed by atoms with van der Waals surface area (Å²) in [5.74, 6) is 1.34. The molecule has 0 radical (unpaired) electrons. The van der Waals surface area contributed by atoms with Gasteiger partial charge < -0.3 is 50.4 Å². The number of aromatic hydroxyl groups is 3. The average Bonchev–Trinajstić information content (AvgIpc) is 3.18. The number of carbonyl (C=O) groups excluding carboxylic acids is 1. The SMILES string of the molecule is CC(=O)O[C@@H]1C[C@@H](c2cc(O)c(O)c(OCCc3cccnc3)c2)O[C@@H]([C@H]2CSSC[C@@]3(NC(N)=NCCCCO)CCC[C@H](C3)Oc3cc(ccc3O)C2)C1. The Kier molecular flexibility index (Phi) is 14.8. The van der Waals surface area contributed by atoms with Gasteiger partial charge in [-0.2, -0.15) is 0 Å². The number of aromatic nitrogens is 1. The summed E-state index contributed by atoms with van der Waals surface area (Å²) in [5, 5.41) is 45.2. The number of pyridine rings is 1. The number of guanidine groups is 1. The molecule has 6 atom stereocenters. The van der Waals surface area contributed by atoms with Gasteiger partial charge in [-0.05, 0) is 91.5 Å². The number of esters is 1. The molecular weight excluding hydrogens is 757 g/mol. The minimum Gasteiger partial charge on any atom is -0.504 e. The summed E-state index contributed by atoms with van der Waals surface area (Å²) >= 11 is 0. The van der Waals surface area contributed by atoms with Crippen LogP contribution in [-0.2, 0) is 27.1 Å². The maximum Gasteiger partial charge on any atom is 0.302 e. The fourth-order valence-corrected chi connectivity index (χ4v) is 10.8. The number of fused-ring (bicyclic) bond motifs is 4. The van der Waals surface area contributed by atoms with Crippen molar-refractivity contribution in [1.82, 2.24) is 10.3 Å². The minimum atomic E-state index is -0.572. The van der Waals surface area contributed by atoms with Crippen LogP contribution >= 0.6 is 21.6 Å². The quantitative estimate of drug-likeness (QED) is 0.0313. The lowest BCUT2D eigenvalue weighted by Gasteiger charge is -2.41. The molecule has 7 N–H and O–H groups in total. The molecular formula is C41H54N4O9S2. The Hall–Kier alpha value is -4.05. The third-order valence-electron chi connectivity index (χ3n) is 10.5. The monoisotopic (exact) mass is 810 g/mol. The summed E-state index contributed by atoms with van der Waals surface area (Å²) in [6, 6.07) is 12.4. The zero-order valence-corrected chi connectivity index (χ0v) is 33.4. The molecule has 6 rings (SSSR count). The van der Waals surface area contributed by atoms with Gasteiger partial charge in [-0.25, -0.2) is 0 Å². The van der Waals surface area contributed by atoms with E-state index < -0.39 is 12.2 Å². The van der Waals surface area contributed by atoms with Gasteiger partial charge in [0.15, 0.2) is 29.0 Å². The van der Waals surface area contributed by atoms with Crippen molar-refractivity contribution in [2.75, 3.05) is 31.3 Å². The molecule has 13 nitrogen and oxygen atoms in total. The van der Waals surface area contributed by atoms with Crippen LogP contribution in [0.25, 0.3) is 0 Å². The first kappa shape index (κ1) is 41.6. The van der Waals surface area contributed by atoms with Crippen molar-refractivity contribution in [3.8, 4) is 28.7 Å². The predicted molar refractivity (Wildman–Crippen MR) is 217 cm³/mol. The Labute approximate surface area is 336 Å². The Balaban J connectivity index is 1.24. The van der Waals surface area contributed by atoms with Crippen molar-refractivity contribution in [3.05, 3.63) is 71.5 Å². The van der Waals surface area contributed by atoms with E-state index in [1.165, 1.54) is 13.0 Å². The zero-order chi connectivity index (χ0) is 39.5. The van der Waals surface area contributed by atoms with Crippen molar-refractivity contribution < 1.29 is 44.2 Å². The van der Waals surface area contributed by atoms with Crippen LogP contribution in [0.15, 0.2) is 59.9 Å². The number of nitrogens with one attached hydrogen (secondary N) is 1. The van der Waals surface area contributed by atoms with Gasteiger partial charge in [0, 0.05) is 69.7 Å². The summed E-state index contributed by atoms with van der Waals surface area (Å²) in [6.45, 7) is 2.30. The molecule has 1 aromatic heterocycles. The fraction of sp³-hybridized carbons (Fsp3) is 0.537. The van der Waals surface area contributed by atoms with Gasteiger partial charge >= 0.3 is 5.97 Å². The minimum absolute atomic E-state index is 0.0474. The second-order valence-electron chi connectivity index (χ2n) is 15.0. The van der Waals surface area contributed by atoms with Crippen molar-refractivity contribution in [3.63, 3.8) is 0 Å². The number of aliphatic hydroxyl groups excluding tert-OH is 1. The van der Waals surface area contributed by atoms with E-state index in [9.17, 15) is 20.1 Å². The normalized spacial score (nSPS) is 25.8. The highest BCUT2D eigenvalue weighted by molar-refractivity contribution is 8.76. The summed E-state index contributed by atoms with van der Waals surface area (Å²) < 4.78 is 25.2. The van der Waals surface area contributed by atoms with E-state index in [2.05, 4.69) is 15.3 Å². The van der Waals surface area contributed by atoms with E-state index in [1.54, 1.807) is 46.1 Å². The van der Waals surface area contributed by atoms with Gasteiger partial charge in [0.1, 0.15) is 12.2 Å². The lowest BCUT2D eigenvalue weighted by atomic mass is 9.81. The predicted octanol–water partition coefficient (Wildman–Crippen LogP) is 5.96. The Bertz CT molecular complexity index is 1790. The summed E-state index contributed by atoms with van der Waals surface area (Å²) in [6.07, 6.45) is 8.70. The molecule has 3 aromatic rings. The van der Waals surface area contributed by atoms with Gasteiger partial charge in [-0.3, -0.25) is 14.8 Å². The first-order valence-electron chi connectivity index (χ1n) is 19.4. The molecule has 2 aliphatic heterocycles. The number of aliphatic hydroxyl groups is 1. The number of hydrogen-bond donors (Lipinski definition) is 6. The largest absolute Gasteiger partial charge is 0.504 e. The number of nitrogens with two attached hydrogens (primary N) is 1. The summed E-state index contributed by atoms with van der Waals surface area (Å²) in [5.41, 5.74) is 8.60. The second kappa shape index (κ2) is 19.9. The van der Waals surface area contributed by atoms with E-state index in [0.29, 0.717) is 68.1 Å². The topological polar surface area (TPSA) is 198 Å². The number of aliphatic imine (C=N–C) groups is 1. The molecule has 0 unspecified atom stereocenters. The number of phenols is 3. The number of ether oxygens (including phenoxy) is 4. The molecule has 1 saturated heterocycles. The molecule has 0 amide bonds. The highest BCUT2D eigenvalue weighted by Crippen LogP contribution is 2.45. The van der Waals surface area contributed by atoms with Crippen molar-refractivity contribution in [2.45, 2.75) is 101 Å². The lowest BCUT2D eigenvalue weighted by molar-refractivity contribution is -0.163. The van der Waals surface area contributed by atoms with Crippen LogP contribution in [0.5, 0.6) is 28.7 Å². The number of rotatable bonds is 12. The molecule has 1 saturated carbocycles. The molecule has 56 heavy (non-hydrogen) atoms. The maximum absolute atomic E-state index is 12.3. The molecule has 2 aromatic carbocycles. The first-order chi connectivity index (χ1) is 27.1. The molecule has 3 aliphatic rings. The molecule has 1 aliphatic carbocycles. The van der Waals surface area contributed by atoms with Crippen LogP contribution in [0.1, 0.15) is 81.1 Å². The van der Waals surface area contributed by atoms with Gasteiger partial charge in [0.05, 0.1) is 24.4 Å². The van der Waals surface area contributed by atoms with Gasteiger partial charge in [-0.1, -0.05) is 33.7 Å². The number of unbranched alkanes of at least 4 members (excludes halogenated alkanes) is 1. The average molecular weight is 811 g/mol. The van der Waals surface area contributed by atoms with Crippen LogP contribution in [-0.4, -0.2) is 92.5 Å². The highest BCUT2D eigenvalue weighted by Gasteiger charge is 2.40. The molecule has 3 heterocycles. The van der Waals surface area contributed by atoms with Crippen molar-refractivity contribution >= 4 is 33.5 Å². The van der Waals surface area contributed by atoms with Gasteiger partial charge in [0.2, 0.25) is 5.75 Å². The number of benzene rings is 2. The molecule has 0 spiro atoms. The van der Waals surface area contributed by atoms with Crippen LogP contribution in [0.2, 0.25) is 0 Å². The standard InChI is InChI=1S/C41H54N4O9S2/c1-26(47)52-32-20-35(29-18-34(49)39(50)38(19-29)51-15-10-27-6-5-12-43-23-27)54-36(21-32)30-16-28-8-9-33(48)37(17-28)53-31-7-4-11-41(22-31,25-56-55-24-30)45-40(42)44-13-2-3-14-46/h5-6,8-9,12,17-19,23,30-32,35-36,46,48-50H,2-4,7,10-11,13-16,20-22,24-25H2,1H3,(H3,42,44,45)/t30-,31-,32-,35+,36-,41-/m1/s1. The van der Waals surface area contributed by atoms with Crippen LogP contribution in [0.4, 0.5) is 0 Å². The Morgan fingerprint density at radius 2 is 2.00 bits per heavy atom. The molecule has 4 bridgehead atoms. The van der Waals surface area contributed by atoms with Crippen molar-refractivity contribution in [1.29, 1.82) is 0 Å². The van der Waals surface area contributed by atoms with E-state index in [1.807, 2.05) is 24.3 Å². The van der Waals surface area contributed by atoms with Crippen LogP contribution in [0, 0.1) is 5.92 Å². The molecule has 15 heteroatoms. The second-order valence-corrected chi connectivity index (χ2v) is 17.5. The van der Waals surface area contributed by atoms with Crippen LogP contribution < -0.4 is 20.5 Å². The third kappa shape index (κ3) is 11.5. The highest BCUT2D eigenvalue weighted by atomic mass is 33.1. The number of phenolic OH excluding ortho intramolecular Hbond substituents is 3. The van der Waals surface area contributed by atoms with E-state index in [0.717, 1.165) is 42.6 Å².